The number of hydrogen-bond donors (Lipinski definition) is 0. The highest BCUT2D eigenvalue weighted by Crippen LogP contribution is 2.61. The fourth-order valence-corrected chi connectivity index (χ4v) is 10.2. The minimum absolute atomic E-state index is 0.576. The maximum atomic E-state index is 6.98. The van der Waals surface area contributed by atoms with Crippen molar-refractivity contribution in [2.75, 3.05) is 4.90 Å². The molecule has 0 amide bonds. The molecule has 3 nitrogen and oxygen atoms in total. The lowest BCUT2D eigenvalue weighted by atomic mass is 9.50. The molecule has 11 rings (SSSR count). The van der Waals surface area contributed by atoms with Crippen molar-refractivity contribution in [2.24, 2.45) is 23.7 Å². The summed E-state index contributed by atoms with van der Waals surface area (Å²) in [6.07, 6.45) is 7.01. The molecule has 3 heteroatoms. The van der Waals surface area contributed by atoms with Crippen molar-refractivity contribution >= 4 is 38.9 Å². The van der Waals surface area contributed by atoms with Crippen LogP contribution in [0.2, 0.25) is 0 Å². The van der Waals surface area contributed by atoms with Crippen molar-refractivity contribution < 1.29 is 4.74 Å². The Kier molecular flexibility index (Phi) is 7.08. The first-order valence-electron chi connectivity index (χ1n) is 18.5. The predicted octanol–water partition coefficient (Wildman–Crippen LogP) is 12.9. The smallest absolute Gasteiger partial charge is 0.133 e. The Bertz CT molecular complexity index is 2250. The maximum absolute atomic E-state index is 6.98. The molecule has 0 radical (unpaired) electrons. The van der Waals surface area contributed by atoms with E-state index in [1.807, 2.05) is 0 Å². The molecular formula is C47H42N2O. The highest BCUT2D eigenvalue weighted by molar-refractivity contribution is 6.09. The molecule has 0 unspecified atom stereocenters. The quantitative estimate of drug-likeness (QED) is 0.171. The topological polar surface area (TPSA) is 17.4 Å². The zero-order valence-corrected chi connectivity index (χ0v) is 28.6. The molecule has 1 heterocycles. The van der Waals surface area contributed by atoms with Crippen LogP contribution in [-0.4, -0.2) is 4.57 Å². The predicted molar refractivity (Wildman–Crippen MR) is 207 cm³/mol. The summed E-state index contributed by atoms with van der Waals surface area (Å²) < 4.78 is 9.36. The molecule has 1 aromatic heterocycles. The van der Waals surface area contributed by atoms with Gasteiger partial charge < -0.3 is 14.2 Å². The molecule has 4 aliphatic rings. The van der Waals surface area contributed by atoms with Gasteiger partial charge in [-0.15, -0.1) is 0 Å². The molecule has 4 aliphatic carbocycles. The highest BCUT2D eigenvalue weighted by Gasteiger charge is 2.49. The van der Waals surface area contributed by atoms with E-state index in [4.69, 9.17) is 4.74 Å². The van der Waals surface area contributed by atoms with Crippen LogP contribution >= 0.6 is 0 Å². The molecule has 0 N–H and O–H groups in total. The summed E-state index contributed by atoms with van der Waals surface area (Å²) in [6.45, 7) is 2.15. The molecule has 50 heavy (non-hydrogen) atoms. The zero-order valence-electron chi connectivity index (χ0n) is 28.6. The Morgan fingerprint density at radius 3 is 1.74 bits per heavy atom. The van der Waals surface area contributed by atoms with Gasteiger partial charge in [0.25, 0.3) is 0 Å². The van der Waals surface area contributed by atoms with Gasteiger partial charge in [0.05, 0.1) is 11.0 Å². The molecule has 0 aliphatic heterocycles. The normalized spacial score (nSPS) is 22.3. The van der Waals surface area contributed by atoms with Crippen molar-refractivity contribution in [2.45, 2.75) is 44.9 Å². The number of aryl methyl sites for hydroxylation is 1. The fourth-order valence-electron chi connectivity index (χ4n) is 10.2. The third kappa shape index (κ3) is 4.94. The molecular weight excluding hydrogens is 609 g/mol. The van der Waals surface area contributed by atoms with Gasteiger partial charge in [-0.3, -0.25) is 0 Å². The third-order valence-electron chi connectivity index (χ3n) is 12.1. The number of rotatable bonds is 7. The van der Waals surface area contributed by atoms with Gasteiger partial charge in [-0.1, -0.05) is 78.9 Å². The van der Waals surface area contributed by atoms with Gasteiger partial charge >= 0.3 is 0 Å². The van der Waals surface area contributed by atoms with E-state index in [1.54, 1.807) is 0 Å². The van der Waals surface area contributed by atoms with Crippen molar-refractivity contribution in [3.05, 3.63) is 157 Å². The van der Waals surface area contributed by atoms with E-state index < -0.39 is 0 Å². The molecule has 0 saturated heterocycles. The number of benzene rings is 6. The van der Waals surface area contributed by atoms with Crippen LogP contribution in [-0.2, 0) is 0 Å². The lowest BCUT2D eigenvalue weighted by Gasteiger charge is -2.54. The van der Waals surface area contributed by atoms with Crippen LogP contribution in [0.1, 0.15) is 49.1 Å². The van der Waals surface area contributed by atoms with E-state index in [-0.39, 0.29) is 0 Å². The van der Waals surface area contributed by atoms with Crippen LogP contribution < -0.4 is 9.64 Å². The lowest BCUT2D eigenvalue weighted by molar-refractivity contribution is -0.00335. The first-order chi connectivity index (χ1) is 24.7. The van der Waals surface area contributed by atoms with Crippen molar-refractivity contribution in [1.29, 1.82) is 0 Å². The van der Waals surface area contributed by atoms with Crippen molar-refractivity contribution in [3.8, 4) is 17.2 Å². The first kappa shape index (κ1) is 29.6. The second-order valence-electron chi connectivity index (χ2n) is 15.1. The number of nitrogens with zero attached hydrogens (tertiary/aromatic N) is 2. The summed E-state index contributed by atoms with van der Waals surface area (Å²) in [4.78, 5) is 2.38. The maximum Gasteiger partial charge on any atom is 0.133 e. The van der Waals surface area contributed by atoms with E-state index in [1.165, 1.54) is 59.5 Å². The Hall–Kier alpha value is -5.28. The second kappa shape index (κ2) is 11.9. The largest absolute Gasteiger partial charge is 0.457 e. The number of para-hydroxylation sites is 4. The Balaban J connectivity index is 1.09. The summed E-state index contributed by atoms with van der Waals surface area (Å²) >= 11 is 0. The van der Waals surface area contributed by atoms with Crippen molar-refractivity contribution in [3.63, 3.8) is 0 Å². The summed E-state index contributed by atoms with van der Waals surface area (Å²) in [6, 6.07) is 52.8. The van der Waals surface area contributed by atoms with Gasteiger partial charge in [0.1, 0.15) is 11.5 Å². The first-order valence-corrected chi connectivity index (χ1v) is 18.5. The van der Waals surface area contributed by atoms with Crippen molar-refractivity contribution in [1.82, 2.24) is 4.57 Å². The van der Waals surface area contributed by atoms with Gasteiger partial charge in [-0.2, -0.15) is 0 Å². The zero-order chi connectivity index (χ0) is 33.2. The monoisotopic (exact) mass is 650 g/mol. The SMILES string of the molecule is Cc1ccccc1Oc1cc(N(c2ccccc2)c2ccc(-n3c4ccccc4c4ccccc43)cc2)ccc1C1C2CC3CC(C2)CC1C3. The van der Waals surface area contributed by atoms with Crippen LogP contribution in [0.25, 0.3) is 27.5 Å². The molecule has 4 saturated carbocycles. The Morgan fingerprint density at radius 2 is 1.08 bits per heavy atom. The number of ether oxygens (including phenoxy) is 1. The second-order valence-corrected chi connectivity index (χ2v) is 15.1. The van der Waals surface area contributed by atoms with E-state index in [0.29, 0.717) is 5.92 Å². The molecule has 0 atom stereocenters. The number of fused-ring (bicyclic) bond motifs is 3. The van der Waals surface area contributed by atoms with E-state index in [2.05, 4.69) is 162 Å². The average Bonchev–Trinajstić information content (AvgIpc) is 3.48. The number of hydrogen-bond acceptors (Lipinski definition) is 2. The number of aromatic nitrogens is 1. The molecule has 246 valence electrons. The minimum atomic E-state index is 0.576. The molecule has 4 fully saturated rings. The number of anilines is 3. The van der Waals surface area contributed by atoms with E-state index >= 15 is 0 Å². The van der Waals surface area contributed by atoms with Crippen LogP contribution in [0.4, 0.5) is 17.1 Å². The van der Waals surface area contributed by atoms with E-state index in [9.17, 15) is 0 Å². The standard InChI is InChI=1S/C47H42N2O/c1-31-11-5-10-18-45(31)50-46-30-39(23-24-42(46)47-34-26-32-25-33(28-34)29-35(47)27-32)48(36-12-3-2-4-13-36)37-19-21-38(22-20-37)49-43-16-8-6-14-40(43)41-15-7-9-17-44(41)49/h2-24,30,32-35,47H,25-29H2,1H3. The van der Waals surface area contributed by atoms with Gasteiger partial charge in [-0.05, 0) is 140 Å². The average molecular weight is 651 g/mol. The summed E-state index contributed by atoms with van der Waals surface area (Å²) in [7, 11) is 0. The lowest BCUT2D eigenvalue weighted by Crippen LogP contribution is -2.43. The van der Waals surface area contributed by atoms with Gasteiger partial charge in [-0.25, -0.2) is 0 Å². The summed E-state index contributed by atoms with van der Waals surface area (Å²) in [5, 5.41) is 2.55. The van der Waals surface area contributed by atoms with Gasteiger partial charge in [0.15, 0.2) is 0 Å². The van der Waals surface area contributed by atoms with Crippen LogP contribution in [0.3, 0.4) is 0 Å². The summed E-state index contributed by atoms with van der Waals surface area (Å²) in [5.41, 5.74) is 9.51. The van der Waals surface area contributed by atoms with Gasteiger partial charge in [0.2, 0.25) is 0 Å². The van der Waals surface area contributed by atoms with Crippen LogP contribution in [0.15, 0.2) is 146 Å². The molecule has 4 bridgehead atoms. The Labute approximate surface area is 294 Å². The van der Waals surface area contributed by atoms with E-state index in [0.717, 1.165) is 63.5 Å². The molecule has 0 spiro atoms. The van der Waals surface area contributed by atoms with Gasteiger partial charge in [0, 0.05) is 39.6 Å². The minimum Gasteiger partial charge on any atom is -0.457 e. The fraction of sp³-hybridized carbons (Fsp3) is 0.234. The molecule has 7 aromatic rings. The van der Waals surface area contributed by atoms with Crippen LogP contribution in [0, 0.1) is 30.6 Å². The summed E-state index contributed by atoms with van der Waals surface area (Å²) in [5.74, 6) is 5.95. The molecule has 6 aromatic carbocycles. The Morgan fingerprint density at radius 1 is 0.520 bits per heavy atom. The highest BCUT2D eigenvalue weighted by atomic mass is 16.5. The van der Waals surface area contributed by atoms with Crippen LogP contribution in [0.5, 0.6) is 11.5 Å². The third-order valence-corrected chi connectivity index (χ3v) is 12.1.